The molecule has 0 spiro atoms. The molecule has 292 valence electrons. The summed E-state index contributed by atoms with van der Waals surface area (Å²) in [6.07, 6.45) is -34.8. The van der Waals surface area contributed by atoms with Crippen molar-refractivity contribution in [3.63, 3.8) is 0 Å². The first-order valence-corrected chi connectivity index (χ1v) is 16.1. The van der Waals surface area contributed by atoms with E-state index in [9.17, 15) is 66.4 Å². The van der Waals surface area contributed by atoms with Gasteiger partial charge in [0.1, 0.15) is 91.1 Å². The molecule has 5 aliphatic rings. The highest BCUT2D eigenvalue weighted by molar-refractivity contribution is 4.98. The van der Waals surface area contributed by atoms with Gasteiger partial charge in [-0.3, -0.25) is 0 Å². The Labute approximate surface area is 284 Å². The molecule has 22 atom stereocenters. The highest BCUT2D eigenvalue weighted by Gasteiger charge is 2.56. The van der Waals surface area contributed by atoms with Crippen molar-refractivity contribution in [3.05, 3.63) is 0 Å². The first-order chi connectivity index (χ1) is 23.5. The van der Waals surface area contributed by atoms with E-state index in [0.717, 1.165) is 0 Å². The number of rotatable bonds is 10. The minimum Gasteiger partial charge on any atom is -0.394 e. The van der Waals surface area contributed by atoms with E-state index in [1.807, 2.05) is 0 Å². The molecular weight excluding hydrogens is 688 g/mol. The molecule has 0 aromatic carbocycles. The maximum atomic E-state index is 11.5. The van der Waals surface area contributed by atoms with Crippen molar-refractivity contribution in [2.24, 2.45) is 0 Å². The Bertz CT molecular complexity index is 1090. The number of aliphatic hydroxyl groups excluding tert-OH is 12. The van der Waals surface area contributed by atoms with Crippen LogP contribution in [-0.2, 0) is 42.6 Å². The van der Waals surface area contributed by atoms with E-state index in [4.69, 9.17) is 42.6 Å². The number of hydrogen-bond acceptors (Lipinski definition) is 22. The zero-order valence-corrected chi connectivity index (χ0v) is 26.9. The Kier molecular flexibility index (Phi) is 13.1. The lowest BCUT2D eigenvalue weighted by Gasteiger charge is -2.49. The van der Waals surface area contributed by atoms with Crippen LogP contribution in [0, 0.1) is 0 Å². The molecule has 0 aliphatic carbocycles. The van der Waals surface area contributed by atoms with E-state index in [2.05, 4.69) is 0 Å². The van der Waals surface area contributed by atoms with Gasteiger partial charge in [-0.05, 0) is 13.8 Å². The van der Waals surface area contributed by atoms with Gasteiger partial charge in [0.25, 0.3) is 0 Å². The molecule has 5 aliphatic heterocycles. The predicted molar refractivity (Wildman–Crippen MR) is 152 cm³/mol. The fourth-order valence-electron chi connectivity index (χ4n) is 6.38. The van der Waals surface area contributed by atoms with E-state index in [1.165, 1.54) is 13.8 Å². The summed E-state index contributed by atoms with van der Waals surface area (Å²) in [7, 11) is 0. The van der Waals surface area contributed by atoms with Crippen LogP contribution in [-0.4, -0.2) is 228 Å². The topological polar surface area (TPSA) is 346 Å². The summed E-state index contributed by atoms with van der Waals surface area (Å²) in [5, 5.41) is 135. The van der Waals surface area contributed by atoms with Gasteiger partial charge in [0.15, 0.2) is 31.5 Å². The first kappa shape index (κ1) is 40.3. The fraction of sp³-hybridized carbons (Fsp3) is 1.00. The maximum Gasteiger partial charge on any atom is 0.187 e. The lowest BCUT2D eigenvalue weighted by Crippen LogP contribution is -2.67. The third kappa shape index (κ3) is 7.83. The first-order valence-electron chi connectivity index (χ1n) is 16.1. The molecule has 13 N–H and O–H groups in total. The maximum absolute atomic E-state index is 11.5. The van der Waals surface area contributed by atoms with Crippen molar-refractivity contribution in [2.75, 3.05) is 26.4 Å². The van der Waals surface area contributed by atoms with Crippen molar-refractivity contribution in [1.29, 1.82) is 0 Å². The second-order valence-corrected chi connectivity index (χ2v) is 13.2. The monoisotopic (exact) mass is 736 g/mol. The summed E-state index contributed by atoms with van der Waals surface area (Å²) < 4.78 is 50.2. The van der Waals surface area contributed by atoms with Crippen LogP contribution >= 0.6 is 0 Å². The summed E-state index contributed by atoms with van der Waals surface area (Å²) in [5.41, 5.74) is -2.08. The van der Waals surface area contributed by atoms with Crippen LogP contribution in [0.3, 0.4) is 0 Å². The largest absolute Gasteiger partial charge is 0.394 e. The molecule has 5 heterocycles. The second kappa shape index (κ2) is 16.2. The van der Waals surface area contributed by atoms with Gasteiger partial charge in [-0.2, -0.15) is 0 Å². The van der Waals surface area contributed by atoms with E-state index in [-0.39, 0.29) is 0 Å². The molecule has 5 rings (SSSR count). The molecule has 0 aromatic rings. The molecule has 0 amide bonds. The summed E-state index contributed by atoms with van der Waals surface area (Å²) in [5.74, 6) is 0. The average molecular weight is 737 g/mol. The second-order valence-electron chi connectivity index (χ2n) is 13.2. The highest BCUT2D eigenvalue weighted by Crippen LogP contribution is 2.36. The van der Waals surface area contributed by atoms with Crippen molar-refractivity contribution < 1.29 is 109 Å². The molecule has 0 bridgehead atoms. The van der Waals surface area contributed by atoms with Crippen molar-refractivity contribution >= 4 is 0 Å². The lowest BCUT2D eigenvalue weighted by molar-refractivity contribution is -0.396. The van der Waals surface area contributed by atoms with Gasteiger partial charge in [0.05, 0.1) is 38.6 Å². The number of hydrogen-bond donors (Lipinski definition) is 13. The van der Waals surface area contributed by atoms with E-state index in [1.54, 1.807) is 0 Å². The van der Waals surface area contributed by atoms with Gasteiger partial charge >= 0.3 is 0 Å². The highest BCUT2D eigenvalue weighted by atomic mass is 16.8. The van der Waals surface area contributed by atoms with Crippen molar-refractivity contribution in [3.8, 4) is 0 Å². The Hall–Kier alpha value is -0.880. The average Bonchev–Trinajstić information content (AvgIpc) is 3.37. The van der Waals surface area contributed by atoms with Gasteiger partial charge in [0, 0.05) is 0 Å². The molecule has 5 saturated heterocycles. The zero-order valence-electron chi connectivity index (χ0n) is 26.9. The van der Waals surface area contributed by atoms with Crippen LogP contribution in [0.4, 0.5) is 0 Å². The van der Waals surface area contributed by atoms with Crippen LogP contribution in [0.2, 0.25) is 0 Å². The number of aliphatic hydroxyl groups is 13. The Morgan fingerprint density at radius 2 is 1.16 bits per heavy atom. The minimum atomic E-state index is -2.08. The third-order valence-electron chi connectivity index (χ3n) is 9.57. The molecule has 0 aromatic heterocycles. The molecule has 0 saturated carbocycles. The molecular formula is C28H48O22. The van der Waals surface area contributed by atoms with Gasteiger partial charge in [0.2, 0.25) is 0 Å². The molecule has 50 heavy (non-hydrogen) atoms. The summed E-state index contributed by atoms with van der Waals surface area (Å²) in [6.45, 7) is 0.0236. The van der Waals surface area contributed by atoms with Gasteiger partial charge in [-0.25, -0.2) is 0 Å². The third-order valence-corrected chi connectivity index (χ3v) is 9.57. The molecule has 0 radical (unpaired) electrons. The Balaban J connectivity index is 1.37. The van der Waals surface area contributed by atoms with Crippen LogP contribution in [0.1, 0.15) is 13.8 Å². The van der Waals surface area contributed by atoms with E-state index in [0.29, 0.717) is 0 Å². The van der Waals surface area contributed by atoms with Crippen molar-refractivity contribution in [2.45, 2.75) is 149 Å². The molecule has 0 unspecified atom stereocenters. The Morgan fingerprint density at radius 3 is 1.80 bits per heavy atom. The van der Waals surface area contributed by atoms with Crippen LogP contribution < -0.4 is 0 Å². The molecule has 5 fully saturated rings. The summed E-state index contributed by atoms with van der Waals surface area (Å²) in [6, 6.07) is 0. The predicted octanol–water partition coefficient (Wildman–Crippen LogP) is -8.59. The fourth-order valence-corrected chi connectivity index (χ4v) is 6.38. The summed E-state index contributed by atoms with van der Waals surface area (Å²) >= 11 is 0. The smallest absolute Gasteiger partial charge is 0.187 e. The summed E-state index contributed by atoms with van der Waals surface area (Å²) in [4.78, 5) is 0. The minimum absolute atomic E-state index is 0.522. The van der Waals surface area contributed by atoms with E-state index < -0.39 is 161 Å². The molecule has 22 nitrogen and oxygen atoms in total. The zero-order chi connectivity index (χ0) is 36.8. The quantitative estimate of drug-likeness (QED) is 0.0990. The van der Waals surface area contributed by atoms with Crippen molar-refractivity contribution in [1.82, 2.24) is 0 Å². The SMILES string of the molecule is C[C@@H]1O[C@@H](O[C@@H]2[C@@H](O)[C@@H](O)[C@@H](C)O[C@@H]2O)[C@H](O)[C@H](O[C@@H]2O[C@H](CO)[C@@H](O)[C@H](O)[C@H]2O)[C@H]1O[C@@H]1OC[C@@H](O)[C@H](O[C@@H]2OC[C@](O)(CO)[C@H]2O)[C@H]1O. The van der Waals surface area contributed by atoms with Gasteiger partial charge in [-0.15, -0.1) is 0 Å². The van der Waals surface area contributed by atoms with Crippen LogP contribution in [0.15, 0.2) is 0 Å². The molecule has 22 heteroatoms. The Morgan fingerprint density at radius 1 is 0.560 bits per heavy atom. The number of ether oxygens (including phenoxy) is 9. The lowest BCUT2D eigenvalue weighted by atomic mass is 9.96. The van der Waals surface area contributed by atoms with Crippen LogP contribution in [0.5, 0.6) is 0 Å². The van der Waals surface area contributed by atoms with E-state index >= 15 is 0 Å². The normalized spacial score (nSPS) is 54.9. The van der Waals surface area contributed by atoms with Gasteiger partial charge in [-0.1, -0.05) is 0 Å². The van der Waals surface area contributed by atoms with Gasteiger partial charge < -0.3 is 109 Å². The van der Waals surface area contributed by atoms with Crippen LogP contribution in [0.25, 0.3) is 0 Å². The standard InChI is InChI=1S/C28H48O22/c1-7-11(32)14(35)21(23(40)44-7)50-26-17(38)20(49-25-15(36)13(34)12(33)10(3-29)46-25)18(8(2)45-26)47-24-16(37)19(9(31)4-42-24)48-27-22(39)28(41,5-30)6-43-27/h7-27,29-41H,3-6H2,1-2H3/t7-,8+,9-,10-,11+,12-,13+,14+,15-,16-,17-,18+,19+,20+,21-,22+,23+,24+,25+,26+,27+,28-/m1/s1.